The lowest BCUT2D eigenvalue weighted by molar-refractivity contribution is 0.252. The summed E-state index contributed by atoms with van der Waals surface area (Å²) in [6.07, 6.45) is 1.66. The molecule has 0 saturated heterocycles. The molecular weight excluding hydrogens is 200 g/mol. The number of nitrogens with one attached hydrogen (secondary N) is 1. The van der Waals surface area contributed by atoms with Gasteiger partial charge in [0.1, 0.15) is 0 Å². The van der Waals surface area contributed by atoms with Crippen LogP contribution in [0.15, 0.2) is 18.2 Å². The molecule has 4 N–H and O–H groups in total. The van der Waals surface area contributed by atoms with E-state index in [1.165, 1.54) is 5.56 Å². The standard InChI is InChI=1S/C13H22N2O/c1-4-13(3,7-8-16)15-12-9-10(2)5-6-11(12)14/h5-6,9,15-16H,4,7-8,14H2,1-3H3. The molecule has 16 heavy (non-hydrogen) atoms. The van der Waals surface area contributed by atoms with Gasteiger partial charge in [-0.15, -0.1) is 0 Å². The minimum atomic E-state index is -0.101. The summed E-state index contributed by atoms with van der Waals surface area (Å²) in [5.74, 6) is 0. The summed E-state index contributed by atoms with van der Waals surface area (Å²) in [6, 6.07) is 5.95. The number of nitrogens with two attached hydrogens (primary N) is 1. The maximum Gasteiger partial charge on any atom is 0.0580 e. The summed E-state index contributed by atoms with van der Waals surface area (Å²) in [6.45, 7) is 6.43. The predicted molar refractivity (Wildman–Crippen MR) is 69.6 cm³/mol. The summed E-state index contributed by atoms with van der Waals surface area (Å²) < 4.78 is 0. The molecule has 0 aliphatic heterocycles. The maximum absolute atomic E-state index is 9.06. The van der Waals surface area contributed by atoms with E-state index in [0.717, 1.165) is 24.2 Å². The summed E-state index contributed by atoms with van der Waals surface area (Å²) in [5.41, 5.74) is 8.71. The van der Waals surface area contributed by atoms with Crippen molar-refractivity contribution in [3.63, 3.8) is 0 Å². The molecule has 3 heteroatoms. The zero-order valence-corrected chi connectivity index (χ0v) is 10.4. The second-order valence-corrected chi connectivity index (χ2v) is 4.60. The zero-order chi connectivity index (χ0) is 12.2. The van der Waals surface area contributed by atoms with E-state index in [1.54, 1.807) is 0 Å². The molecule has 1 aromatic carbocycles. The van der Waals surface area contributed by atoms with Crippen LogP contribution in [0.1, 0.15) is 32.3 Å². The Bertz CT molecular complexity index is 352. The number of aliphatic hydroxyl groups excluding tert-OH is 1. The van der Waals surface area contributed by atoms with E-state index in [2.05, 4.69) is 19.2 Å². The highest BCUT2D eigenvalue weighted by Crippen LogP contribution is 2.26. The first-order chi connectivity index (χ1) is 7.50. The monoisotopic (exact) mass is 222 g/mol. The molecule has 1 unspecified atom stereocenters. The highest BCUT2D eigenvalue weighted by molar-refractivity contribution is 5.67. The van der Waals surface area contributed by atoms with Crippen molar-refractivity contribution >= 4 is 11.4 Å². The number of anilines is 2. The molecule has 0 aliphatic carbocycles. The van der Waals surface area contributed by atoms with Gasteiger partial charge in [0.25, 0.3) is 0 Å². The van der Waals surface area contributed by atoms with E-state index in [-0.39, 0.29) is 12.1 Å². The summed E-state index contributed by atoms with van der Waals surface area (Å²) in [5, 5.41) is 12.5. The fourth-order valence-corrected chi connectivity index (χ4v) is 1.68. The third-order valence-electron chi connectivity index (χ3n) is 3.09. The first kappa shape index (κ1) is 12.8. The van der Waals surface area contributed by atoms with Crippen LogP contribution in [0.25, 0.3) is 0 Å². The zero-order valence-electron chi connectivity index (χ0n) is 10.4. The average molecular weight is 222 g/mol. The minimum Gasteiger partial charge on any atom is -0.397 e. The Labute approximate surface area is 97.7 Å². The summed E-state index contributed by atoms with van der Waals surface area (Å²) >= 11 is 0. The molecule has 0 fully saturated rings. The summed E-state index contributed by atoms with van der Waals surface area (Å²) in [7, 11) is 0. The van der Waals surface area contributed by atoms with Gasteiger partial charge in [-0.25, -0.2) is 0 Å². The van der Waals surface area contributed by atoms with Gasteiger partial charge in [0, 0.05) is 12.1 Å². The second kappa shape index (κ2) is 5.21. The molecule has 1 atom stereocenters. The largest absolute Gasteiger partial charge is 0.397 e. The van der Waals surface area contributed by atoms with Crippen molar-refractivity contribution in [1.29, 1.82) is 0 Å². The van der Waals surface area contributed by atoms with Crippen LogP contribution in [0.2, 0.25) is 0 Å². The van der Waals surface area contributed by atoms with Crippen LogP contribution in [0.3, 0.4) is 0 Å². The molecule has 1 rings (SSSR count). The summed E-state index contributed by atoms with van der Waals surface area (Å²) in [4.78, 5) is 0. The average Bonchev–Trinajstić information content (AvgIpc) is 2.24. The van der Waals surface area contributed by atoms with Gasteiger partial charge in [-0.1, -0.05) is 13.0 Å². The highest BCUT2D eigenvalue weighted by atomic mass is 16.3. The van der Waals surface area contributed by atoms with Crippen LogP contribution in [0.4, 0.5) is 11.4 Å². The van der Waals surface area contributed by atoms with Crippen molar-refractivity contribution in [3.05, 3.63) is 23.8 Å². The Balaban J connectivity index is 2.89. The molecule has 0 bridgehead atoms. The van der Waals surface area contributed by atoms with Gasteiger partial charge in [0.05, 0.1) is 11.4 Å². The Hall–Kier alpha value is -1.22. The van der Waals surface area contributed by atoms with Crippen molar-refractivity contribution in [2.45, 2.75) is 39.2 Å². The number of rotatable bonds is 5. The fourth-order valence-electron chi connectivity index (χ4n) is 1.68. The van der Waals surface area contributed by atoms with E-state index >= 15 is 0 Å². The van der Waals surface area contributed by atoms with Crippen molar-refractivity contribution in [2.75, 3.05) is 17.7 Å². The van der Waals surface area contributed by atoms with Crippen LogP contribution < -0.4 is 11.1 Å². The predicted octanol–water partition coefficient (Wildman–Crippen LogP) is 2.54. The molecule has 0 radical (unpaired) electrons. The van der Waals surface area contributed by atoms with Crippen molar-refractivity contribution in [2.24, 2.45) is 0 Å². The molecule has 0 heterocycles. The second-order valence-electron chi connectivity index (χ2n) is 4.60. The van der Waals surface area contributed by atoms with E-state index in [9.17, 15) is 0 Å². The Kier molecular flexibility index (Phi) is 4.19. The highest BCUT2D eigenvalue weighted by Gasteiger charge is 2.21. The third-order valence-corrected chi connectivity index (χ3v) is 3.09. The smallest absolute Gasteiger partial charge is 0.0580 e. The maximum atomic E-state index is 9.06. The van der Waals surface area contributed by atoms with Crippen molar-refractivity contribution < 1.29 is 5.11 Å². The lowest BCUT2D eigenvalue weighted by Gasteiger charge is -2.31. The number of benzene rings is 1. The van der Waals surface area contributed by atoms with Crippen LogP contribution in [0.5, 0.6) is 0 Å². The van der Waals surface area contributed by atoms with Gasteiger partial charge in [-0.3, -0.25) is 0 Å². The molecule has 1 aromatic rings. The van der Waals surface area contributed by atoms with Crippen LogP contribution >= 0.6 is 0 Å². The van der Waals surface area contributed by atoms with Crippen molar-refractivity contribution in [1.82, 2.24) is 0 Å². The number of aryl methyl sites for hydroxylation is 1. The minimum absolute atomic E-state index is 0.101. The quantitative estimate of drug-likeness (QED) is 0.671. The van der Waals surface area contributed by atoms with Crippen LogP contribution in [0, 0.1) is 6.92 Å². The van der Waals surface area contributed by atoms with Crippen LogP contribution in [-0.4, -0.2) is 17.3 Å². The van der Waals surface area contributed by atoms with Gasteiger partial charge in [0.15, 0.2) is 0 Å². The number of hydrogen-bond acceptors (Lipinski definition) is 3. The van der Waals surface area contributed by atoms with E-state index < -0.39 is 0 Å². The van der Waals surface area contributed by atoms with E-state index in [4.69, 9.17) is 10.8 Å². The van der Waals surface area contributed by atoms with Crippen molar-refractivity contribution in [3.8, 4) is 0 Å². The van der Waals surface area contributed by atoms with Gasteiger partial charge in [-0.05, 0) is 44.4 Å². The van der Waals surface area contributed by atoms with Gasteiger partial charge < -0.3 is 16.2 Å². The number of nitrogen functional groups attached to an aromatic ring is 1. The van der Waals surface area contributed by atoms with E-state index in [0.29, 0.717) is 0 Å². The lowest BCUT2D eigenvalue weighted by Crippen LogP contribution is -2.35. The normalized spacial score (nSPS) is 14.5. The van der Waals surface area contributed by atoms with E-state index in [1.807, 2.05) is 25.1 Å². The molecule has 0 aliphatic rings. The SMILES string of the molecule is CCC(C)(CCO)Nc1cc(C)ccc1N. The molecule has 90 valence electrons. The first-order valence-corrected chi connectivity index (χ1v) is 5.76. The molecule has 0 amide bonds. The van der Waals surface area contributed by atoms with Gasteiger partial charge >= 0.3 is 0 Å². The Morgan fingerprint density at radius 1 is 1.44 bits per heavy atom. The molecular formula is C13H22N2O. The topological polar surface area (TPSA) is 58.3 Å². The molecule has 0 saturated carbocycles. The molecule has 3 nitrogen and oxygen atoms in total. The third kappa shape index (κ3) is 3.14. The fraction of sp³-hybridized carbons (Fsp3) is 0.538. The molecule has 0 aromatic heterocycles. The lowest BCUT2D eigenvalue weighted by atomic mass is 9.94. The van der Waals surface area contributed by atoms with Crippen LogP contribution in [-0.2, 0) is 0 Å². The number of hydrogen-bond donors (Lipinski definition) is 3. The number of aliphatic hydroxyl groups is 1. The van der Waals surface area contributed by atoms with Gasteiger partial charge in [-0.2, -0.15) is 0 Å². The Morgan fingerprint density at radius 3 is 2.69 bits per heavy atom. The Morgan fingerprint density at radius 2 is 2.12 bits per heavy atom. The molecule has 0 spiro atoms. The first-order valence-electron chi connectivity index (χ1n) is 5.76. The van der Waals surface area contributed by atoms with Gasteiger partial charge in [0.2, 0.25) is 0 Å².